The predicted octanol–water partition coefficient (Wildman–Crippen LogP) is 3.24. The number of aliphatic imine (C=N–C) groups is 3. The summed E-state index contributed by atoms with van der Waals surface area (Å²) in [5, 5.41) is 6.23. The standard InChI is InChI=1S/C25H38F2N8S/c1-6-30-23-21(28-3)14-20(33-24(23)32-17-19-16-29-11-10-25(19,26)27)18-8-9-22(31-15-18)35(7-2)13-12-34(4)36-5/h8-9,14-15,19,29H,6-7,10-13,16-17H2,1-5H3,(H,32,33)/b28-21-,30-23+. The summed E-state index contributed by atoms with van der Waals surface area (Å²) in [7, 11) is 3.77. The van der Waals surface area contributed by atoms with Crippen LogP contribution in [-0.4, -0.2) is 98.6 Å². The number of amidine groups is 1. The fraction of sp³-hybridized carbons (Fsp3) is 0.600. The number of alkyl halides is 2. The van der Waals surface area contributed by atoms with Crippen molar-refractivity contribution in [3.05, 3.63) is 30.0 Å². The lowest BCUT2D eigenvalue weighted by molar-refractivity contribution is -0.0755. The number of anilines is 1. The highest BCUT2D eigenvalue weighted by molar-refractivity contribution is 7.96. The van der Waals surface area contributed by atoms with Crippen molar-refractivity contribution < 1.29 is 8.78 Å². The van der Waals surface area contributed by atoms with Crippen molar-refractivity contribution in [2.75, 3.05) is 71.1 Å². The molecule has 198 valence electrons. The molecular weight excluding hydrogens is 482 g/mol. The van der Waals surface area contributed by atoms with Gasteiger partial charge in [0.1, 0.15) is 11.5 Å². The molecule has 1 unspecified atom stereocenters. The molecular formula is C25H38F2N8S. The molecule has 1 aromatic heterocycles. The molecule has 0 spiro atoms. The summed E-state index contributed by atoms with van der Waals surface area (Å²) in [5.74, 6) is -2.17. The van der Waals surface area contributed by atoms with Crippen molar-refractivity contribution >= 4 is 40.7 Å². The van der Waals surface area contributed by atoms with Crippen LogP contribution in [0.5, 0.6) is 0 Å². The molecule has 3 rings (SSSR count). The van der Waals surface area contributed by atoms with E-state index in [1.165, 1.54) is 0 Å². The van der Waals surface area contributed by atoms with Crippen LogP contribution in [0, 0.1) is 5.92 Å². The molecule has 0 amide bonds. The summed E-state index contributed by atoms with van der Waals surface area (Å²) in [4.78, 5) is 20.6. The van der Waals surface area contributed by atoms with Gasteiger partial charge in [-0.05, 0) is 45.4 Å². The number of nitrogens with one attached hydrogen (secondary N) is 2. The average Bonchev–Trinajstić information content (AvgIpc) is 2.89. The summed E-state index contributed by atoms with van der Waals surface area (Å²) < 4.78 is 31.0. The van der Waals surface area contributed by atoms with Crippen LogP contribution in [-0.2, 0) is 0 Å². The molecule has 2 aliphatic heterocycles. The number of rotatable bonds is 10. The van der Waals surface area contributed by atoms with Crippen LogP contribution < -0.4 is 15.5 Å². The van der Waals surface area contributed by atoms with E-state index in [1.807, 2.05) is 25.1 Å². The van der Waals surface area contributed by atoms with E-state index in [9.17, 15) is 8.78 Å². The highest BCUT2D eigenvalue weighted by Gasteiger charge is 2.41. The minimum absolute atomic E-state index is 0.0962. The van der Waals surface area contributed by atoms with Crippen molar-refractivity contribution in [3.8, 4) is 0 Å². The molecule has 1 atom stereocenters. The molecule has 2 N–H and O–H groups in total. The summed E-state index contributed by atoms with van der Waals surface area (Å²) >= 11 is 1.70. The van der Waals surface area contributed by atoms with E-state index >= 15 is 0 Å². The van der Waals surface area contributed by atoms with Gasteiger partial charge >= 0.3 is 0 Å². The Morgan fingerprint density at radius 3 is 2.69 bits per heavy atom. The normalized spacial score (nSPS) is 22.1. The van der Waals surface area contributed by atoms with Crippen molar-refractivity contribution in [2.45, 2.75) is 26.2 Å². The second-order valence-electron chi connectivity index (χ2n) is 8.73. The van der Waals surface area contributed by atoms with Gasteiger partial charge < -0.3 is 15.5 Å². The predicted molar refractivity (Wildman–Crippen MR) is 149 cm³/mol. The zero-order valence-electron chi connectivity index (χ0n) is 21.9. The van der Waals surface area contributed by atoms with E-state index in [4.69, 9.17) is 9.98 Å². The van der Waals surface area contributed by atoms with Crippen molar-refractivity contribution in [1.29, 1.82) is 0 Å². The van der Waals surface area contributed by atoms with Gasteiger partial charge in [0.25, 0.3) is 5.92 Å². The molecule has 36 heavy (non-hydrogen) atoms. The van der Waals surface area contributed by atoms with E-state index in [0.717, 1.165) is 31.0 Å². The quantitative estimate of drug-likeness (QED) is 0.461. The first-order valence-electron chi connectivity index (χ1n) is 12.4. The lowest BCUT2D eigenvalue weighted by Gasteiger charge is -2.32. The Kier molecular flexibility index (Phi) is 10.4. The van der Waals surface area contributed by atoms with Gasteiger partial charge in [-0.25, -0.2) is 18.8 Å². The maximum absolute atomic E-state index is 14.4. The number of hydrogen-bond donors (Lipinski definition) is 2. The van der Waals surface area contributed by atoms with Gasteiger partial charge in [0.05, 0.1) is 17.3 Å². The van der Waals surface area contributed by atoms with Gasteiger partial charge in [0, 0.05) is 71.0 Å². The molecule has 0 aromatic carbocycles. The Morgan fingerprint density at radius 1 is 1.28 bits per heavy atom. The molecule has 1 aromatic rings. The van der Waals surface area contributed by atoms with Crippen molar-refractivity contribution in [3.63, 3.8) is 0 Å². The van der Waals surface area contributed by atoms with Crippen LogP contribution in [0.3, 0.4) is 0 Å². The molecule has 0 radical (unpaired) electrons. The fourth-order valence-electron chi connectivity index (χ4n) is 4.12. The maximum Gasteiger partial charge on any atom is 0.255 e. The highest BCUT2D eigenvalue weighted by atomic mass is 32.2. The maximum atomic E-state index is 14.4. The van der Waals surface area contributed by atoms with Crippen LogP contribution in [0.1, 0.15) is 25.8 Å². The molecule has 8 nitrogen and oxygen atoms in total. The summed E-state index contributed by atoms with van der Waals surface area (Å²) in [6.07, 6.45) is 5.58. The van der Waals surface area contributed by atoms with Crippen LogP contribution in [0.4, 0.5) is 14.6 Å². The number of piperidine rings is 1. The van der Waals surface area contributed by atoms with Gasteiger partial charge in [-0.1, -0.05) is 11.9 Å². The zero-order valence-corrected chi connectivity index (χ0v) is 22.7. The summed E-state index contributed by atoms with van der Waals surface area (Å²) in [6, 6.07) is 3.98. The SMILES string of the molecule is CC/N=C1/C(NCC2CNCCC2(F)F)=NC(c2ccc(N(CC)CCN(C)SC)nc2)=C/C1=N/C. The van der Waals surface area contributed by atoms with E-state index in [2.05, 4.69) is 50.1 Å². The Morgan fingerprint density at radius 2 is 2.08 bits per heavy atom. The second kappa shape index (κ2) is 13.3. The lowest BCUT2D eigenvalue weighted by Crippen LogP contribution is -2.51. The zero-order chi connectivity index (χ0) is 26.1. The van der Waals surface area contributed by atoms with Crippen LogP contribution in [0.15, 0.2) is 39.4 Å². The number of pyridine rings is 1. The third kappa shape index (κ3) is 7.10. The van der Waals surface area contributed by atoms with E-state index in [-0.39, 0.29) is 19.5 Å². The van der Waals surface area contributed by atoms with Crippen LogP contribution in [0.2, 0.25) is 0 Å². The minimum Gasteiger partial charge on any atom is -0.368 e. The summed E-state index contributed by atoms with van der Waals surface area (Å²) in [5.41, 5.74) is 2.76. The lowest BCUT2D eigenvalue weighted by atomic mass is 9.94. The number of aromatic nitrogens is 1. The van der Waals surface area contributed by atoms with E-state index in [0.29, 0.717) is 36.0 Å². The second-order valence-corrected chi connectivity index (χ2v) is 9.72. The topological polar surface area (TPSA) is 80.5 Å². The number of nitrogens with zero attached hydrogens (tertiary/aromatic N) is 6. The first-order valence-corrected chi connectivity index (χ1v) is 13.6. The Hall–Kier alpha value is -2.37. The van der Waals surface area contributed by atoms with Gasteiger partial charge in [-0.15, -0.1) is 0 Å². The van der Waals surface area contributed by atoms with E-state index < -0.39 is 11.8 Å². The number of hydrogen-bond acceptors (Lipinski definition) is 9. The molecule has 1 fully saturated rings. The molecule has 2 aliphatic rings. The average molecular weight is 521 g/mol. The van der Waals surface area contributed by atoms with Gasteiger partial charge in [0.15, 0.2) is 5.84 Å². The molecule has 11 heteroatoms. The third-order valence-corrected chi connectivity index (χ3v) is 7.22. The number of halogens is 2. The van der Waals surface area contributed by atoms with Crippen molar-refractivity contribution in [2.24, 2.45) is 20.9 Å². The highest BCUT2D eigenvalue weighted by Crippen LogP contribution is 2.30. The van der Waals surface area contributed by atoms with E-state index in [1.54, 1.807) is 25.2 Å². The largest absolute Gasteiger partial charge is 0.368 e. The van der Waals surface area contributed by atoms with Gasteiger partial charge in [-0.3, -0.25) is 14.3 Å². The van der Waals surface area contributed by atoms with Gasteiger partial charge in [-0.2, -0.15) is 0 Å². The van der Waals surface area contributed by atoms with Gasteiger partial charge in [0.2, 0.25) is 0 Å². The van der Waals surface area contributed by atoms with Crippen molar-refractivity contribution in [1.82, 2.24) is 19.9 Å². The minimum atomic E-state index is -2.72. The molecule has 0 bridgehead atoms. The molecule has 3 heterocycles. The monoisotopic (exact) mass is 520 g/mol. The molecule has 1 saturated heterocycles. The Labute approximate surface area is 217 Å². The summed E-state index contributed by atoms with van der Waals surface area (Å²) in [6.45, 7) is 7.92. The molecule has 0 aliphatic carbocycles. The first-order chi connectivity index (χ1) is 17.3. The number of likely N-dealkylation sites (N-methyl/N-ethyl adjacent to an activating group) is 2. The Balaban J connectivity index is 1.82. The van der Waals surface area contributed by atoms with Crippen LogP contribution >= 0.6 is 11.9 Å². The fourth-order valence-corrected chi connectivity index (χ4v) is 4.38. The number of allylic oxidation sites excluding steroid dienone is 1. The molecule has 0 saturated carbocycles. The smallest absolute Gasteiger partial charge is 0.255 e. The van der Waals surface area contributed by atoms with Crippen LogP contribution in [0.25, 0.3) is 5.70 Å². The Bertz CT molecular complexity index is 990. The third-order valence-electron chi connectivity index (χ3n) is 6.41. The first kappa shape index (κ1) is 28.2.